The van der Waals surface area contributed by atoms with Gasteiger partial charge in [-0.1, -0.05) is 30.0 Å². The second-order valence-electron chi connectivity index (χ2n) is 10.3. The first-order valence-corrected chi connectivity index (χ1v) is 13.4. The van der Waals surface area contributed by atoms with Crippen molar-refractivity contribution in [2.45, 2.75) is 50.0 Å². The highest BCUT2D eigenvalue weighted by atomic mass is 19.1. The summed E-state index contributed by atoms with van der Waals surface area (Å²) in [5, 5.41) is 8.82. The van der Waals surface area contributed by atoms with E-state index in [2.05, 4.69) is 39.6 Å². The van der Waals surface area contributed by atoms with E-state index in [9.17, 15) is 18.8 Å². The number of nitrogens with zero attached hydrogens (tertiary/aromatic N) is 1. The van der Waals surface area contributed by atoms with Crippen LogP contribution in [0.2, 0.25) is 0 Å². The van der Waals surface area contributed by atoms with Gasteiger partial charge in [0.25, 0.3) is 5.91 Å². The van der Waals surface area contributed by atoms with Gasteiger partial charge in [0.05, 0.1) is 12.1 Å². The van der Waals surface area contributed by atoms with Crippen LogP contribution >= 0.6 is 0 Å². The number of amides is 3. The van der Waals surface area contributed by atoms with Gasteiger partial charge in [-0.25, -0.2) is 4.39 Å². The lowest BCUT2D eigenvalue weighted by molar-refractivity contribution is -0.133. The molecule has 1 aliphatic carbocycles. The van der Waals surface area contributed by atoms with Crippen molar-refractivity contribution in [2.24, 2.45) is 5.92 Å². The number of benzene rings is 2. The van der Waals surface area contributed by atoms with Crippen LogP contribution in [0.3, 0.4) is 0 Å². The molecular weight excluding hydrogens is 495 g/mol. The summed E-state index contributed by atoms with van der Waals surface area (Å²) in [7, 11) is 0. The van der Waals surface area contributed by atoms with Gasteiger partial charge < -0.3 is 20.9 Å². The van der Waals surface area contributed by atoms with Crippen molar-refractivity contribution in [1.29, 1.82) is 0 Å². The van der Waals surface area contributed by atoms with Crippen molar-refractivity contribution in [3.05, 3.63) is 71.3 Å². The first-order chi connectivity index (χ1) is 19.0. The van der Waals surface area contributed by atoms with Crippen molar-refractivity contribution in [3.8, 4) is 23.7 Å². The van der Waals surface area contributed by atoms with Crippen molar-refractivity contribution >= 4 is 17.7 Å². The third-order valence-electron chi connectivity index (χ3n) is 7.26. The monoisotopic (exact) mass is 526 g/mol. The quantitative estimate of drug-likeness (QED) is 0.503. The Bertz CT molecular complexity index is 1340. The highest BCUT2D eigenvalue weighted by Crippen LogP contribution is 2.33. The third-order valence-corrected chi connectivity index (χ3v) is 7.26. The Balaban J connectivity index is 1.15. The van der Waals surface area contributed by atoms with Gasteiger partial charge >= 0.3 is 0 Å². The van der Waals surface area contributed by atoms with E-state index in [4.69, 9.17) is 0 Å². The van der Waals surface area contributed by atoms with E-state index in [0.29, 0.717) is 18.5 Å². The van der Waals surface area contributed by atoms with Crippen LogP contribution in [0.5, 0.6) is 0 Å². The van der Waals surface area contributed by atoms with E-state index < -0.39 is 12.2 Å². The number of hydrogen-bond acceptors (Lipinski definition) is 4. The average molecular weight is 527 g/mol. The van der Waals surface area contributed by atoms with Crippen LogP contribution in [0.4, 0.5) is 4.39 Å². The molecule has 200 valence electrons. The summed E-state index contributed by atoms with van der Waals surface area (Å²) >= 11 is 0. The van der Waals surface area contributed by atoms with Crippen LogP contribution < -0.4 is 16.0 Å². The lowest BCUT2D eigenvalue weighted by Gasteiger charge is -2.25. The number of carbonyl (C=O) groups is 3. The van der Waals surface area contributed by atoms with Crippen molar-refractivity contribution in [1.82, 2.24) is 20.9 Å². The number of carbonyl (C=O) groups excluding carboxylic acids is 3. The molecule has 0 aromatic heterocycles. The number of hydrogen-bond donors (Lipinski definition) is 3. The molecule has 0 radical (unpaired) electrons. The molecule has 0 bridgehead atoms. The molecule has 2 aromatic rings. The summed E-state index contributed by atoms with van der Waals surface area (Å²) in [6, 6.07) is 15.6. The topological polar surface area (TPSA) is 90.5 Å². The largest absolute Gasteiger partial charge is 0.350 e. The highest BCUT2D eigenvalue weighted by molar-refractivity contribution is 5.94. The van der Waals surface area contributed by atoms with Crippen LogP contribution in [-0.4, -0.2) is 66.6 Å². The summed E-state index contributed by atoms with van der Waals surface area (Å²) in [6.45, 7) is 0.863. The van der Waals surface area contributed by atoms with Gasteiger partial charge in [-0.15, -0.1) is 0 Å². The maximum atomic E-state index is 13.5. The van der Waals surface area contributed by atoms with E-state index >= 15 is 0 Å². The molecule has 2 aromatic carbocycles. The predicted molar refractivity (Wildman–Crippen MR) is 145 cm³/mol. The Morgan fingerprint density at radius 2 is 1.64 bits per heavy atom. The molecule has 3 N–H and O–H groups in total. The summed E-state index contributed by atoms with van der Waals surface area (Å²) in [6.07, 6.45) is 1.43. The van der Waals surface area contributed by atoms with Gasteiger partial charge in [0.2, 0.25) is 11.8 Å². The van der Waals surface area contributed by atoms with Gasteiger partial charge in [-0.2, -0.15) is 0 Å². The smallest absolute Gasteiger partial charge is 0.251 e. The maximum Gasteiger partial charge on any atom is 0.251 e. The number of halogens is 1. The molecule has 1 saturated carbocycles. The molecule has 4 atom stereocenters. The Morgan fingerprint density at radius 3 is 2.28 bits per heavy atom. The van der Waals surface area contributed by atoms with Crippen LogP contribution in [-0.2, 0) is 9.59 Å². The molecule has 3 aliphatic rings. The number of nitrogens with one attached hydrogen (secondary N) is 3. The van der Waals surface area contributed by atoms with Crippen molar-refractivity contribution in [3.63, 3.8) is 0 Å². The van der Waals surface area contributed by atoms with Crippen LogP contribution in [0.15, 0.2) is 54.6 Å². The normalized spacial score (nSPS) is 23.7. The second-order valence-corrected chi connectivity index (χ2v) is 10.3. The lowest BCUT2D eigenvalue weighted by Crippen LogP contribution is -2.46. The van der Waals surface area contributed by atoms with Gasteiger partial charge in [0.1, 0.15) is 6.17 Å². The Hall–Kier alpha value is -4.14. The average Bonchev–Trinajstić information content (AvgIpc) is 3.59. The van der Waals surface area contributed by atoms with E-state index in [1.54, 1.807) is 29.2 Å². The van der Waals surface area contributed by atoms with E-state index in [-0.39, 0.29) is 55.2 Å². The van der Waals surface area contributed by atoms with Crippen LogP contribution in [0, 0.1) is 29.6 Å². The summed E-state index contributed by atoms with van der Waals surface area (Å²) in [5.74, 6) is 11.2. The van der Waals surface area contributed by atoms with Gasteiger partial charge in [-0.3, -0.25) is 14.4 Å². The van der Waals surface area contributed by atoms with Gasteiger partial charge in [0.15, 0.2) is 0 Å². The van der Waals surface area contributed by atoms with E-state index in [0.717, 1.165) is 24.0 Å². The van der Waals surface area contributed by atoms with Crippen LogP contribution in [0.1, 0.15) is 47.2 Å². The lowest BCUT2D eigenvalue weighted by atomic mass is 10.1. The summed E-state index contributed by atoms with van der Waals surface area (Å²) < 4.78 is 13.5. The fourth-order valence-corrected chi connectivity index (χ4v) is 4.99. The number of likely N-dealkylation sites (tertiary alicyclic amines) is 1. The van der Waals surface area contributed by atoms with E-state index in [1.807, 2.05) is 30.3 Å². The molecule has 3 fully saturated rings. The Labute approximate surface area is 227 Å². The molecule has 7 nitrogen and oxygen atoms in total. The molecule has 0 spiro atoms. The summed E-state index contributed by atoms with van der Waals surface area (Å²) in [5.41, 5.74) is 2.14. The number of rotatable bonds is 6. The zero-order chi connectivity index (χ0) is 27.2. The highest BCUT2D eigenvalue weighted by Gasteiger charge is 2.42. The maximum absolute atomic E-state index is 13.5. The zero-order valence-electron chi connectivity index (χ0n) is 21.6. The van der Waals surface area contributed by atoms with Crippen molar-refractivity contribution < 1.29 is 18.8 Å². The van der Waals surface area contributed by atoms with Gasteiger partial charge in [-0.05, 0) is 67.5 Å². The molecule has 8 heteroatoms. The molecule has 2 unspecified atom stereocenters. The molecule has 5 rings (SSSR count). The minimum Gasteiger partial charge on any atom is -0.350 e. The molecule has 2 saturated heterocycles. The Morgan fingerprint density at radius 1 is 0.949 bits per heavy atom. The van der Waals surface area contributed by atoms with Gasteiger partial charge in [0, 0.05) is 54.7 Å². The molecule has 2 aliphatic heterocycles. The minimum atomic E-state index is -1.02. The minimum absolute atomic E-state index is 0.0347. The van der Waals surface area contributed by atoms with Crippen LogP contribution in [0.25, 0.3) is 0 Å². The standard InChI is InChI=1S/C31H31FN4O3/c32-25-16-28(33-18-25)30(38)35-26-17-27(36(20-26)31(39)24-14-15-24)19-34-29(37)23-12-10-22(11-13-23)9-5-4-8-21-6-2-1-3-7-21/h1-3,6-7,10-13,24-28,33H,14-20H2,(H,34,37)(H,35,38)/t25?,26-,27-,28?/m1/s1. The van der Waals surface area contributed by atoms with E-state index in [1.165, 1.54) is 0 Å². The molecule has 3 amide bonds. The molecule has 2 heterocycles. The predicted octanol–water partition coefficient (Wildman–Crippen LogP) is 2.02. The summed E-state index contributed by atoms with van der Waals surface area (Å²) in [4.78, 5) is 40.1. The second kappa shape index (κ2) is 12.1. The first-order valence-electron chi connectivity index (χ1n) is 13.4. The zero-order valence-corrected chi connectivity index (χ0v) is 21.6. The fourth-order valence-electron chi connectivity index (χ4n) is 4.99. The molecular formula is C31H31FN4O3. The number of alkyl halides is 1. The molecule has 39 heavy (non-hydrogen) atoms. The van der Waals surface area contributed by atoms with Crippen molar-refractivity contribution in [2.75, 3.05) is 19.6 Å². The SMILES string of the molecule is O=C(NC[C@H]1C[C@@H](NC(=O)C2CC(F)CN2)CN1C(=O)C1CC1)c1ccc(C#CC#Cc2ccccc2)cc1. The first kappa shape index (κ1) is 26.5. The third kappa shape index (κ3) is 7.04. The fraction of sp³-hybridized carbons (Fsp3) is 0.387. The Kier molecular flexibility index (Phi) is 8.24.